The topological polar surface area (TPSA) is 80.1 Å². The molecule has 112 valence electrons. The Morgan fingerprint density at radius 2 is 2.40 bits per heavy atom. The summed E-state index contributed by atoms with van der Waals surface area (Å²) in [7, 11) is 1.66. The standard InChI is InChI=1S/C11H17ClN4O2S2/c1-3-4-19-7-9(16(17)18)10(13-2)14-5-8-6-15-11(12)20-8/h6,13-14H,3-5,7H2,1-2H3. The molecule has 0 saturated carbocycles. The molecule has 1 aromatic rings. The maximum absolute atomic E-state index is 11.1. The van der Waals surface area contributed by atoms with Gasteiger partial charge >= 0.3 is 0 Å². The molecular formula is C11H17ClN4O2S2. The zero-order chi connectivity index (χ0) is 15.0. The number of hydrogen-bond acceptors (Lipinski definition) is 7. The van der Waals surface area contributed by atoms with Gasteiger partial charge in [-0.15, -0.1) is 11.3 Å². The van der Waals surface area contributed by atoms with Crippen LogP contribution in [0, 0.1) is 10.1 Å². The smallest absolute Gasteiger partial charge is 0.295 e. The Morgan fingerprint density at radius 3 is 2.90 bits per heavy atom. The second kappa shape index (κ2) is 9.04. The summed E-state index contributed by atoms with van der Waals surface area (Å²) in [5.41, 5.74) is 0.154. The van der Waals surface area contributed by atoms with Crippen LogP contribution in [0.2, 0.25) is 4.47 Å². The van der Waals surface area contributed by atoms with Gasteiger partial charge in [0.1, 0.15) is 0 Å². The van der Waals surface area contributed by atoms with E-state index in [0.29, 0.717) is 22.6 Å². The van der Waals surface area contributed by atoms with Gasteiger partial charge in [0.25, 0.3) is 5.70 Å². The molecule has 0 aliphatic heterocycles. The molecule has 6 nitrogen and oxygen atoms in total. The SMILES string of the molecule is CCCSCC(=C(NC)NCc1cnc(Cl)s1)[N+](=O)[O-]. The fraction of sp³-hybridized carbons (Fsp3) is 0.545. The summed E-state index contributed by atoms with van der Waals surface area (Å²) >= 11 is 8.64. The molecule has 2 N–H and O–H groups in total. The lowest BCUT2D eigenvalue weighted by molar-refractivity contribution is -0.425. The van der Waals surface area contributed by atoms with Crippen molar-refractivity contribution in [3.05, 3.63) is 37.2 Å². The largest absolute Gasteiger partial charge is 0.370 e. The highest BCUT2D eigenvalue weighted by Gasteiger charge is 2.18. The highest BCUT2D eigenvalue weighted by Crippen LogP contribution is 2.18. The Morgan fingerprint density at radius 1 is 1.65 bits per heavy atom. The summed E-state index contributed by atoms with van der Waals surface area (Å²) in [4.78, 5) is 15.6. The number of thioether (sulfide) groups is 1. The van der Waals surface area contributed by atoms with Crippen LogP contribution in [0.4, 0.5) is 0 Å². The summed E-state index contributed by atoms with van der Waals surface area (Å²) in [5.74, 6) is 1.70. The number of nitro groups is 1. The van der Waals surface area contributed by atoms with Crippen molar-refractivity contribution in [3.63, 3.8) is 0 Å². The van der Waals surface area contributed by atoms with Crippen molar-refractivity contribution in [2.75, 3.05) is 18.6 Å². The van der Waals surface area contributed by atoms with Crippen molar-refractivity contribution < 1.29 is 4.92 Å². The van der Waals surface area contributed by atoms with Gasteiger partial charge in [0, 0.05) is 18.1 Å². The predicted octanol–water partition coefficient (Wildman–Crippen LogP) is 2.69. The Bertz CT molecular complexity index is 479. The van der Waals surface area contributed by atoms with Gasteiger partial charge in [-0.2, -0.15) is 11.8 Å². The summed E-state index contributed by atoms with van der Waals surface area (Å²) in [6.07, 6.45) is 2.66. The van der Waals surface area contributed by atoms with Crippen molar-refractivity contribution >= 4 is 34.7 Å². The normalized spacial score (nSPS) is 11.9. The van der Waals surface area contributed by atoms with E-state index in [1.165, 1.54) is 11.3 Å². The number of hydrogen-bond donors (Lipinski definition) is 2. The molecule has 1 heterocycles. The van der Waals surface area contributed by atoms with Gasteiger partial charge in [-0.25, -0.2) is 4.98 Å². The van der Waals surface area contributed by atoms with Gasteiger partial charge in [0.15, 0.2) is 10.3 Å². The van der Waals surface area contributed by atoms with Crippen LogP contribution < -0.4 is 10.6 Å². The van der Waals surface area contributed by atoms with E-state index in [0.717, 1.165) is 17.1 Å². The van der Waals surface area contributed by atoms with E-state index in [1.807, 2.05) is 6.92 Å². The fourth-order valence-electron chi connectivity index (χ4n) is 1.40. The first-order valence-electron chi connectivity index (χ1n) is 6.05. The third-order valence-corrected chi connectivity index (χ3v) is 4.60. The van der Waals surface area contributed by atoms with Crippen LogP contribution in [-0.4, -0.2) is 28.5 Å². The second-order valence-corrected chi connectivity index (χ2v) is 6.62. The maximum Gasteiger partial charge on any atom is 0.295 e. The average Bonchev–Trinajstić information content (AvgIpc) is 2.82. The van der Waals surface area contributed by atoms with Crippen molar-refractivity contribution in [3.8, 4) is 0 Å². The average molecular weight is 337 g/mol. The van der Waals surface area contributed by atoms with E-state index >= 15 is 0 Å². The Hall–Kier alpha value is -0.990. The number of rotatable bonds is 9. The van der Waals surface area contributed by atoms with Crippen LogP contribution in [0.25, 0.3) is 0 Å². The molecule has 0 aliphatic carbocycles. The van der Waals surface area contributed by atoms with E-state index in [9.17, 15) is 10.1 Å². The monoisotopic (exact) mass is 336 g/mol. The Kier molecular flexibility index (Phi) is 7.71. The molecule has 0 saturated heterocycles. The zero-order valence-corrected chi connectivity index (χ0v) is 13.7. The molecule has 0 radical (unpaired) electrons. The van der Waals surface area contributed by atoms with E-state index in [2.05, 4.69) is 15.6 Å². The number of halogens is 1. The quantitative estimate of drug-likeness (QED) is 0.410. The van der Waals surface area contributed by atoms with Gasteiger partial charge in [-0.3, -0.25) is 10.1 Å². The minimum absolute atomic E-state index is 0.154. The van der Waals surface area contributed by atoms with E-state index in [-0.39, 0.29) is 10.6 Å². The molecule has 0 amide bonds. The van der Waals surface area contributed by atoms with Gasteiger partial charge in [-0.05, 0) is 12.2 Å². The Balaban J connectivity index is 2.70. The summed E-state index contributed by atoms with van der Waals surface area (Å²) < 4.78 is 0.463. The molecule has 0 bridgehead atoms. The third-order valence-electron chi connectivity index (χ3n) is 2.31. The fourth-order valence-corrected chi connectivity index (χ4v) is 3.20. The molecule has 0 spiro atoms. The molecule has 0 aliphatic rings. The predicted molar refractivity (Wildman–Crippen MR) is 84.7 cm³/mol. The van der Waals surface area contributed by atoms with Crippen LogP contribution in [0.3, 0.4) is 0 Å². The molecule has 1 rings (SSSR count). The minimum Gasteiger partial charge on any atom is -0.370 e. The van der Waals surface area contributed by atoms with E-state index in [4.69, 9.17) is 11.6 Å². The lowest BCUT2D eigenvalue weighted by Gasteiger charge is -2.10. The number of nitrogens with one attached hydrogen (secondary N) is 2. The van der Waals surface area contributed by atoms with Gasteiger partial charge in [0.05, 0.1) is 17.2 Å². The van der Waals surface area contributed by atoms with Crippen molar-refractivity contribution in [2.24, 2.45) is 0 Å². The van der Waals surface area contributed by atoms with Crippen molar-refractivity contribution in [2.45, 2.75) is 19.9 Å². The molecule has 0 atom stereocenters. The first-order chi connectivity index (χ1) is 9.58. The van der Waals surface area contributed by atoms with Gasteiger partial charge in [0.2, 0.25) is 0 Å². The second-order valence-electron chi connectivity index (χ2n) is 3.81. The van der Waals surface area contributed by atoms with Crippen LogP contribution >= 0.6 is 34.7 Å². The molecule has 0 aromatic carbocycles. The molecule has 20 heavy (non-hydrogen) atoms. The molecule has 1 aromatic heterocycles. The van der Waals surface area contributed by atoms with E-state index in [1.54, 1.807) is 25.0 Å². The highest BCUT2D eigenvalue weighted by atomic mass is 35.5. The maximum atomic E-state index is 11.1. The summed E-state index contributed by atoms with van der Waals surface area (Å²) in [5, 5.41) is 17.0. The summed E-state index contributed by atoms with van der Waals surface area (Å²) in [6, 6.07) is 0. The van der Waals surface area contributed by atoms with Gasteiger partial charge in [-0.1, -0.05) is 18.5 Å². The summed E-state index contributed by atoms with van der Waals surface area (Å²) in [6.45, 7) is 2.50. The lowest BCUT2D eigenvalue weighted by Crippen LogP contribution is -2.27. The van der Waals surface area contributed by atoms with Crippen molar-refractivity contribution in [1.29, 1.82) is 0 Å². The number of nitrogens with zero attached hydrogens (tertiary/aromatic N) is 2. The molecular weight excluding hydrogens is 320 g/mol. The van der Waals surface area contributed by atoms with E-state index < -0.39 is 0 Å². The first kappa shape index (κ1) is 17.1. The third kappa shape index (κ3) is 5.56. The number of thiazole rings is 1. The Labute approximate surface area is 131 Å². The van der Waals surface area contributed by atoms with Gasteiger partial charge < -0.3 is 10.6 Å². The zero-order valence-electron chi connectivity index (χ0n) is 11.3. The van der Waals surface area contributed by atoms with Crippen LogP contribution in [0.5, 0.6) is 0 Å². The number of aromatic nitrogens is 1. The van der Waals surface area contributed by atoms with Crippen LogP contribution in [-0.2, 0) is 6.54 Å². The minimum atomic E-state index is -0.346. The highest BCUT2D eigenvalue weighted by molar-refractivity contribution is 7.99. The first-order valence-corrected chi connectivity index (χ1v) is 8.40. The van der Waals surface area contributed by atoms with Crippen molar-refractivity contribution in [1.82, 2.24) is 15.6 Å². The van der Waals surface area contributed by atoms with Crippen LogP contribution in [0.1, 0.15) is 18.2 Å². The molecule has 0 unspecified atom stereocenters. The van der Waals surface area contributed by atoms with Crippen LogP contribution in [0.15, 0.2) is 17.7 Å². The molecule has 0 fully saturated rings. The lowest BCUT2D eigenvalue weighted by atomic mass is 10.4. The molecule has 9 heteroatoms.